The lowest BCUT2D eigenvalue weighted by molar-refractivity contribution is -0.930. The number of benzene rings is 2. The van der Waals surface area contributed by atoms with E-state index in [1.54, 1.807) is 12.1 Å². The third kappa shape index (κ3) is 3.11. The minimum absolute atomic E-state index is 0.158. The molecule has 1 N–H and O–H groups in total. The largest absolute Gasteiger partial charge is 0.495 e. The van der Waals surface area contributed by atoms with E-state index in [0.29, 0.717) is 16.5 Å². The molecule has 2 atom stereocenters. The molecular formula is C21H22ClN2O3+. The molecule has 2 aromatic rings. The van der Waals surface area contributed by atoms with Crippen LogP contribution in [0.3, 0.4) is 0 Å². The average molecular weight is 386 g/mol. The summed E-state index contributed by atoms with van der Waals surface area (Å²) in [5.74, 6) is 0.0951. The monoisotopic (exact) mass is 385 g/mol. The summed E-state index contributed by atoms with van der Waals surface area (Å²) in [5.41, 5.74) is 3.88. The Morgan fingerprint density at radius 2 is 1.93 bits per heavy atom. The van der Waals surface area contributed by atoms with Crippen molar-refractivity contribution in [3.63, 3.8) is 0 Å². The quantitative estimate of drug-likeness (QED) is 0.821. The van der Waals surface area contributed by atoms with Crippen LogP contribution in [-0.2, 0) is 22.6 Å². The fraction of sp³-hybridized carbons (Fsp3) is 0.333. The first-order chi connectivity index (χ1) is 13.0. The lowest BCUT2D eigenvalue weighted by Gasteiger charge is -2.29. The summed E-state index contributed by atoms with van der Waals surface area (Å²) < 4.78 is 5.38. The zero-order chi connectivity index (χ0) is 19.1. The molecule has 1 unspecified atom stereocenters. The third-order valence-corrected chi connectivity index (χ3v) is 6.00. The van der Waals surface area contributed by atoms with Gasteiger partial charge < -0.3 is 9.64 Å². The number of imide groups is 1. The van der Waals surface area contributed by atoms with Gasteiger partial charge >= 0.3 is 0 Å². The number of hydrogen-bond acceptors (Lipinski definition) is 3. The van der Waals surface area contributed by atoms with Crippen LogP contribution in [0, 0.1) is 6.92 Å². The first-order valence-corrected chi connectivity index (χ1v) is 9.49. The van der Waals surface area contributed by atoms with Crippen LogP contribution in [0.1, 0.15) is 23.1 Å². The van der Waals surface area contributed by atoms with Gasteiger partial charge in [0.05, 0.1) is 25.8 Å². The highest BCUT2D eigenvalue weighted by Gasteiger charge is 2.47. The number of fused-ring (bicyclic) bond motifs is 1. The van der Waals surface area contributed by atoms with Crippen molar-refractivity contribution in [3.8, 4) is 5.75 Å². The Balaban J connectivity index is 1.63. The number of hydrogen-bond donors (Lipinski definition) is 1. The van der Waals surface area contributed by atoms with E-state index >= 15 is 0 Å². The van der Waals surface area contributed by atoms with Gasteiger partial charge in [-0.3, -0.25) is 9.59 Å². The highest BCUT2D eigenvalue weighted by Crippen LogP contribution is 2.36. The predicted octanol–water partition coefficient (Wildman–Crippen LogP) is 1.93. The van der Waals surface area contributed by atoms with Gasteiger partial charge in [-0.2, -0.15) is 0 Å². The highest BCUT2D eigenvalue weighted by molar-refractivity contribution is 6.32. The molecule has 2 amide bonds. The Morgan fingerprint density at radius 3 is 2.67 bits per heavy atom. The zero-order valence-corrected chi connectivity index (χ0v) is 16.2. The van der Waals surface area contributed by atoms with Crippen molar-refractivity contribution >= 4 is 29.1 Å². The molecule has 4 rings (SSSR count). The van der Waals surface area contributed by atoms with Gasteiger partial charge in [0.15, 0.2) is 6.04 Å². The van der Waals surface area contributed by atoms with E-state index in [4.69, 9.17) is 16.3 Å². The van der Waals surface area contributed by atoms with E-state index in [1.165, 1.54) is 23.1 Å². The molecule has 2 heterocycles. The standard InChI is InChI=1S/C21H21ClN2O3/c1-13-9-17(19(27-2)10-16(13)22)24-20(25)11-18(21(24)26)23-8-7-14-5-3-4-6-15(14)12-23/h3-6,9-10,18H,7-8,11-12H2,1-2H3/p+1/t18-/m0/s1. The second-order valence-electron chi connectivity index (χ2n) is 7.20. The molecule has 2 aliphatic rings. The number of anilines is 1. The van der Waals surface area contributed by atoms with Crippen molar-refractivity contribution in [2.45, 2.75) is 32.4 Å². The van der Waals surface area contributed by atoms with Crippen LogP contribution in [-0.4, -0.2) is 31.5 Å². The van der Waals surface area contributed by atoms with Crippen LogP contribution >= 0.6 is 11.6 Å². The van der Waals surface area contributed by atoms with Gasteiger partial charge in [0.25, 0.3) is 5.91 Å². The van der Waals surface area contributed by atoms with Gasteiger partial charge in [0.2, 0.25) is 5.91 Å². The van der Waals surface area contributed by atoms with Crippen molar-refractivity contribution < 1.29 is 19.2 Å². The van der Waals surface area contributed by atoms with E-state index in [2.05, 4.69) is 12.1 Å². The molecule has 1 saturated heterocycles. The summed E-state index contributed by atoms with van der Waals surface area (Å²) in [6.07, 6.45) is 1.15. The van der Waals surface area contributed by atoms with Crippen molar-refractivity contribution in [1.29, 1.82) is 0 Å². The maximum Gasteiger partial charge on any atom is 0.292 e. The third-order valence-electron chi connectivity index (χ3n) is 5.59. The number of aryl methyl sites for hydroxylation is 1. The molecule has 0 spiro atoms. The maximum absolute atomic E-state index is 13.2. The molecule has 6 heteroatoms. The van der Waals surface area contributed by atoms with Crippen molar-refractivity contribution in [1.82, 2.24) is 0 Å². The molecule has 0 radical (unpaired) electrons. The van der Waals surface area contributed by atoms with Crippen LogP contribution in [0.25, 0.3) is 0 Å². The predicted molar refractivity (Wildman–Crippen MR) is 103 cm³/mol. The van der Waals surface area contributed by atoms with Crippen LogP contribution in [0.5, 0.6) is 5.75 Å². The van der Waals surface area contributed by atoms with Gasteiger partial charge in [-0.25, -0.2) is 4.90 Å². The summed E-state index contributed by atoms with van der Waals surface area (Å²) in [5, 5.41) is 0.546. The first-order valence-electron chi connectivity index (χ1n) is 9.12. The fourth-order valence-corrected chi connectivity index (χ4v) is 4.24. The lowest BCUT2D eigenvalue weighted by atomic mass is 9.98. The topological polar surface area (TPSA) is 51.0 Å². The molecule has 0 saturated carbocycles. The Hall–Kier alpha value is -2.37. The highest BCUT2D eigenvalue weighted by atomic mass is 35.5. The van der Waals surface area contributed by atoms with Gasteiger partial charge in [-0.05, 0) is 24.1 Å². The second-order valence-corrected chi connectivity index (χ2v) is 7.61. The molecule has 1 fully saturated rings. The van der Waals surface area contributed by atoms with Crippen molar-refractivity contribution in [3.05, 3.63) is 58.1 Å². The number of carbonyl (C=O) groups excluding carboxylic acids is 2. The number of rotatable bonds is 3. The number of quaternary nitrogens is 1. The van der Waals surface area contributed by atoms with Crippen LogP contribution in [0.15, 0.2) is 36.4 Å². The van der Waals surface area contributed by atoms with E-state index in [1.807, 2.05) is 19.1 Å². The normalized spacial score (nSPS) is 22.1. The van der Waals surface area contributed by atoms with Crippen LogP contribution in [0.2, 0.25) is 5.02 Å². The van der Waals surface area contributed by atoms with Crippen molar-refractivity contribution in [2.75, 3.05) is 18.6 Å². The average Bonchev–Trinajstić information content (AvgIpc) is 2.97. The van der Waals surface area contributed by atoms with Gasteiger partial charge in [-0.1, -0.05) is 35.9 Å². The minimum Gasteiger partial charge on any atom is -0.495 e. The Morgan fingerprint density at radius 1 is 1.19 bits per heavy atom. The van der Waals surface area contributed by atoms with E-state index in [0.717, 1.165) is 30.0 Å². The summed E-state index contributed by atoms with van der Waals surface area (Å²) in [7, 11) is 1.51. The molecule has 5 nitrogen and oxygen atoms in total. The lowest BCUT2D eigenvalue weighted by Crippen LogP contribution is -3.16. The number of ether oxygens (including phenoxy) is 1. The summed E-state index contributed by atoms with van der Waals surface area (Å²) in [4.78, 5) is 28.4. The number of methoxy groups -OCH3 is 1. The van der Waals surface area contributed by atoms with E-state index in [-0.39, 0.29) is 24.3 Å². The summed E-state index contributed by atoms with van der Waals surface area (Å²) in [6, 6.07) is 11.4. The molecule has 2 aliphatic heterocycles. The van der Waals surface area contributed by atoms with Crippen molar-refractivity contribution in [2.24, 2.45) is 0 Å². The number of amides is 2. The summed E-state index contributed by atoms with van der Waals surface area (Å²) >= 11 is 6.17. The summed E-state index contributed by atoms with van der Waals surface area (Å²) in [6.45, 7) is 3.47. The SMILES string of the molecule is COc1cc(Cl)c(C)cc1N1C(=O)C[C@H]([NH+]2CCc3ccccc3C2)C1=O. The Labute approximate surface area is 163 Å². The molecule has 2 aromatic carbocycles. The molecule has 0 aliphatic carbocycles. The Bertz CT molecular complexity index is 928. The second kappa shape index (κ2) is 6.98. The zero-order valence-electron chi connectivity index (χ0n) is 15.4. The van der Waals surface area contributed by atoms with Crippen LogP contribution < -0.4 is 14.5 Å². The molecular weight excluding hydrogens is 364 g/mol. The van der Waals surface area contributed by atoms with Crippen LogP contribution in [0.4, 0.5) is 5.69 Å². The van der Waals surface area contributed by atoms with Gasteiger partial charge in [-0.15, -0.1) is 0 Å². The molecule has 0 aromatic heterocycles. The van der Waals surface area contributed by atoms with E-state index in [9.17, 15) is 9.59 Å². The first kappa shape index (κ1) is 18.0. The number of nitrogens with zero attached hydrogens (tertiary/aromatic N) is 1. The molecule has 0 bridgehead atoms. The van der Waals surface area contributed by atoms with Gasteiger partial charge in [0, 0.05) is 23.1 Å². The number of halogens is 1. The van der Waals surface area contributed by atoms with Gasteiger partial charge in [0.1, 0.15) is 12.3 Å². The number of nitrogens with one attached hydrogen (secondary N) is 1. The molecule has 140 valence electrons. The Kier molecular flexibility index (Phi) is 4.66. The minimum atomic E-state index is -0.355. The maximum atomic E-state index is 13.2. The molecule has 27 heavy (non-hydrogen) atoms. The smallest absolute Gasteiger partial charge is 0.292 e. The number of carbonyl (C=O) groups is 2. The fourth-order valence-electron chi connectivity index (χ4n) is 4.09. The van der Waals surface area contributed by atoms with E-state index < -0.39 is 0 Å².